The van der Waals surface area contributed by atoms with Gasteiger partial charge in [0.25, 0.3) is 0 Å². The van der Waals surface area contributed by atoms with Crippen LogP contribution in [0.2, 0.25) is 0 Å². The van der Waals surface area contributed by atoms with E-state index in [2.05, 4.69) is 5.32 Å². The van der Waals surface area contributed by atoms with Gasteiger partial charge in [-0.2, -0.15) is 0 Å². The number of esters is 1. The lowest BCUT2D eigenvalue weighted by Gasteiger charge is -2.31. The van der Waals surface area contributed by atoms with Gasteiger partial charge in [-0.15, -0.1) is 0 Å². The first-order valence-electron chi connectivity index (χ1n) is 6.41. The van der Waals surface area contributed by atoms with Crippen molar-refractivity contribution >= 4 is 12.1 Å². The Balaban J connectivity index is 2.57. The fraction of sp³-hybridized carbons (Fsp3) is 0.846. The van der Waals surface area contributed by atoms with Gasteiger partial charge in [-0.1, -0.05) is 12.8 Å². The van der Waals surface area contributed by atoms with Crippen molar-refractivity contribution < 1.29 is 19.1 Å². The zero-order chi connectivity index (χ0) is 13.8. The van der Waals surface area contributed by atoms with E-state index in [1.807, 2.05) is 20.8 Å². The minimum absolute atomic E-state index is 0.180. The van der Waals surface area contributed by atoms with Gasteiger partial charge in [0.2, 0.25) is 0 Å². The highest BCUT2D eigenvalue weighted by Gasteiger charge is 2.33. The number of alkyl carbamates (subject to hydrolysis) is 1. The summed E-state index contributed by atoms with van der Waals surface area (Å²) in [5, 5.41) is 2.78. The van der Waals surface area contributed by atoms with Gasteiger partial charge in [0.05, 0.1) is 13.0 Å². The van der Waals surface area contributed by atoms with Crippen LogP contribution in [0.3, 0.4) is 0 Å². The molecule has 1 rings (SSSR count). The van der Waals surface area contributed by atoms with Crippen molar-refractivity contribution in [2.45, 2.75) is 58.1 Å². The van der Waals surface area contributed by atoms with Crippen LogP contribution in [-0.2, 0) is 14.3 Å². The molecule has 18 heavy (non-hydrogen) atoms. The normalized spacial score (nSPS) is 24.2. The summed E-state index contributed by atoms with van der Waals surface area (Å²) in [6, 6.07) is -0.180. The van der Waals surface area contributed by atoms with Gasteiger partial charge < -0.3 is 14.8 Å². The van der Waals surface area contributed by atoms with Crippen LogP contribution in [0.25, 0.3) is 0 Å². The van der Waals surface area contributed by atoms with E-state index in [1.165, 1.54) is 7.11 Å². The molecule has 0 aromatic rings. The van der Waals surface area contributed by atoms with Crippen LogP contribution in [0, 0.1) is 5.92 Å². The fourth-order valence-corrected chi connectivity index (χ4v) is 2.20. The molecule has 0 aromatic carbocycles. The number of carbonyl (C=O) groups is 2. The maximum absolute atomic E-state index is 11.7. The maximum Gasteiger partial charge on any atom is 0.407 e. The minimum atomic E-state index is -0.528. The number of methoxy groups -OCH3 is 1. The van der Waals surface area contributed by atoms with Gasteiger partial charge in [-0.25, -0.2) is 4.79 Å². The molecule has 0 radical (unpaired) electrons. The second-order valence-corrected chi connectivity index (χ2v) is 5.67. The van der Waals surface area contributed by atoms with Gasteiger partial charge in [0.15, 0.2) is 0 Å². The summed E-state index contributed by atoms with van der Waals surface area (Å²) in [4.78, 5) is 23.3. The number of hydrogen-bond donors (Lipinski definition) is 1. The summed E-state index contributed by atoms with van der Waals surface area (Å²) in [6.45, 7) is 5.43. The van der Waals surface area contributed by atoms with Crippen LogP contribution in [0.4, 0.5) is 4.79 Å². The van der Waals surface area contributed by atoms with E-state index in [4.69, 9.17) is 9.47 Å². The molecule has 104 valence electrons. The Bertz CT molecular complexity index is 309. The fourth-order valence-electron chi connectivity index (χ4n) is 2.20. The summed E-state index contributed by atoms with van der Waals surface area (Å²) in [6.07, 6.45) is 3.08. The monoisotopic (exact) mass is 257 g/mol. The van der Waals surface area contributed by atoms with Crippen molar-refractivity contribution in [3.05, 3.63) is 0 Å². The Hall–Kier alpha value is -1.26. The van der Waals surface area contributed by atoms with Crippen molar-refractivity contribution in [1.82, 2.24) is 5.32 Å². The van der Waals surface area contributed by atoms with Crippen LogP contribution in [0.15, 0.2) is 0 Å². The molecule has 0 saturated heterocycles. The Kier molecular flexibility index (Phi) is 4.99. The molecule has 0 heterocycles. The van der Waals surface area contributed by atoms with Crippen molar-refractivity contribution in [3.63, 3.8) is 0 Å². The number of rotatable bonds is 2. The number of nitrogens with one attached hydrogen (secondary N) is 1. The van der Waals surface area contributed by atoms with Crippen molar-refractivity contribution in [1.29, 1.82) is 0 Å². The molecule has 5 nitrogen and oxygen atoms in total. The minimum Gasteiger partial charge on any atom is -0.469 e. The van der Waals surface area contributed by atoms with E-state index < -0.39 is 11.7 Å². The molecule has 0 spiro atoms. The van der Waals surface area contributed by atoms with Crippen LogP contribution in [-0.4, -0.2) is 30.8 Å². The number of amides is 1. The molecule has 0 aliphatic heterocycles. The standard InChI is InChI=1S/C13H23NO4/c1-13(2,3)18-12(16)14-10-8-6-5-7-9(10)11(15)17-4/h9-10H,5-8H2,1-4H3,(H,14,16)/t9-,10?/m1/s1. The van der Waals surface area contributed by atoms with Crippen molar-refractivity contribution in [3.8, 4) is 0 Å². The molecule has 1 fully saturated rings. The third-order valence-corrected chi connectivity index (χ3v) is 2.97. The molecular weight excluding hydrogens is 234 g/mol. The van der Waals surface area contributed by atoms with Gasteiger partial charge in [0, 0.05) is 6.04 Å². The first-order valence-corrected chi connectivity index (χ1v) is 6.41. The third-order valence-electron chi connectivity index (χ3n) is 2.97. The molecule has 1 amide bonds. The van der Waals surface area contributed by atoms with Gasteiger partial charge in [0.1, 0.15) is 5.60 Å². The number of carbonyl (C=O) groups excluding carboxylic acids is 2. The van der Waals surface area contributed by atoms with Crippen molar-refractivity contribution in [2.24, 2.45) is 5.92 Å². The smallest absolute Gasteiger partial charge is 0.407 e. The molecule has 1 saturated carbocycles. The largest absolute Gasteiger partial charge is 0.469 e. The van der Waals surface area contributed by atoms with Crippen LogP contribution < -0.4 is 5.32 Å². The highest BCUT2D eigenvalue weighted by atomic mass is 16.6. The van der Waals surface area contributed by atoms with E-state index in [0.29, 0.717) is 0 Å². The molecule has 2 atom stereocenters. The summed E-state index contributed by atoms with van der Waals surface area (Å²) in [5.74, 6) is -0.507. The van der Waals surface area contributed by atoms with E-state index in [1.54, 1.807) is 0 Å². The average Bonchev–Trinajstić information content (AvgIpc) is 2.26. The van der Waals surface area contributed by atoms with E-state index >= 15 is 0 Å². The van der Waals surface area contributed by atoms with Gasteiger partial charge >= 0.3 is 12.1 Å². The topological polar surface area (TPSA) is 64.6 Å². The molecule has 0 bridgehead atoms. The predicted octanol–water partition coefficient (Wildman–Crippen LogP) is 2.24. The molecule has 1 aliphatic rings. The summed E-state index contributed by atoms with van der Waals surface area (Å²) in [5.41, 5.74) is -0.528. The molecule has 1 unspecified atom stereocenters. The lowest BCUT2D eigenvalue weighted by atomic mass is 9.84. The second kappa shape index (κ2) is 6.07. The quantitative estimate of drug-likeness (QED) is 0.770. The first kappa shape index (κ1) is 14.8. The molecule has 5 heteroatoms. The van der Waals surface area contributed by atoms with Gasteiger partial charge in [-0.05, 0) is 33.6 Å². The van der Waals surface area contributed by atoms with Crippen molar-refractivity contribution in [2.75, 3.05) is 7.11 Å². The second-order valence-electron chi connectivity index (χ2n) is 5.67. The molecule has 1 N–H and O–H groups in total. The lowest BCUT2D eigenvalue weighted by molar-refractivity contribution is -0.147. The Labute approximate surface area is 108 Å². The SMILES string of the molecule is COC(=O)[C@@H]1CCCCC1NC(=O)OC(C)(C)C. The zero-order valence-corrected chi connectivity index (χ0v) is 11.6. The Morgan fingerprint density at radius 3 is 2.33 bits per heavy atom. The van der Waals surface area contributed by atoms with Gasteiger partial charge in [-0.3, -0.25) is 4.79 Å². The Morgan fingerprint density at radius 2 is 1.78 bits per heavy atom. The number of hydrogen-bond acceptors (Lipinski definition) is 4. The zero-order valence-electron chi connectivity index (χ0n) is 11.6. The predicted molar refractivity (Wildman–Crippen MR) is 67.1 cm³/mol. The molecular formula is C13H23NO4. The van der Waals surface area contributed by atoms with E-state index in [0.717, 1.165) is 25.7 Å². The Morgan fingerprint density at radius 1 is 1.17 bits per heavy atom. The average molecular weight is 257 g/mol. The molecule has 1 aliphatic carbocycles. The van der Waals surface area contributed by atoms with Crippen LogP contribution in [0.5, 0.6) is 0 Å². The molecule has 0 aromatic heterocycles. The van der Waals surface area contributed by atoms with Crippen LogP contribution in [0.1, 0.15) is 46.5 Å². The number of ether oxygens (including phenoxy) is 2. The highest BCUT2D eigenvalue weighted by Crippen LogP contribution is 2.25. The first-order chi connectivity index (χ1) is 8.33. The summed E-state index contributed by atoms with van der Waals surface area (Å²) >= 11 is 0. The lowest BCUT2D eigenvalue weighted by Crippen LogP contribution is -2.47. The van der Waals surface area contributed by atoms with Crippen LogP contribution >= 0.6 is 0 Å². The van der Waals surface area contributed by atoms with E-state index in [9.17, 15) is 9.59 Å². The summed E-state index contributed by atoms with van der Waals surface area (Å²) in [7, 11) is 1.38. The summed E-state index contributed by atoms with van der Waals surface area (Å²) < 4.78 is 9.97. The maximum atomic E-state index is 11.7. The highest BCUT2D eigenvalue weighted by molar-refractivity contribution is 5.75. The van der Waals surface area contributed by atoms with E-state index in [-0.39, 0.29) is 17.9 Å². The third kappa shape index (κ3) is 4.55.